The number of rotatable bonds is 3. The molecule has 0 radical (unpaired) electrons. The lowest BCUT2D eigenvalue weighted by Gasteiger charge is -2.32. The van der Waals surface area contributed by atoms with Gasteiger partial charge in [-0.2, -0.15) is 0 Å². The first-order chi connectivity index (χ1) is 10.7. The Morgan fingerprint density at radius 2 is 2.32 bits per heavy atom. The van der Waals surface area contributed by atoms with Crippen molar-refractivity contribution in [1.82, 2.24) is 10.6 Å². The molecule has 1 aromatic carbocycles. The van der Waals surface area contributed by atoms with Crippen LogP contribution in [0.5, 0.6) is 5.75 Å². The van der Waals surface area contributed by atoms with Gasteiger partial charge in [-0.05, 0) is 49.4 Å². The van der Waals surface area contributed by atoms with Crippen molar-refractivity contribution >= 4 is 5.91 Å². The Bertz CT molecular complexity index is 547. The second-order valence-corrected chi connectivity index (χ2v) is 6.03. The van der Waals surface area contributed by atoms with Gasteiger partial charge in [0.05, 0.1) is 25.9 Å². The van der Waals surface area contributed by atoms with Crippen LogP contribution in [0.15, 0.2) is 18.2 Å². The van der Waals surface area contributed by atoms with Gasteiger partial charge in [0, 0.05) is 6.54 Å². The highest BCUT2D eigenvalue weighted by molar-refractivity contribution is 5.83. The van der Waals surface area contributed by atoms with E-state index in [9.17, 15) is 4.79 Å². The number of aryl methyl sites for hydroxylation is 1. The molecule has 1 aromatic rings. The summed E-state index contributed by atoms with van der Waals surface area (Å²) in [6, 6.07) is 5.94. The number of fused-ring (bicyclic) bond motifs is 1. The van der Waals surface area contributed by atoms with Gasteiger partial charge < -0.3 is 20.1 Å². The van der Waals surface area contributed by atoms with Crippen LogP contribution >= 0.6 is 0 Å². The predicted octanol–water partition coefficient (Wildman–Crippen LogP) is 1.57. The molecular formula is C17H24N2O3. The lowest BCUT2D eigenvalue weighted by atomic mass is 9.87. The van der Waals surface area contributed by atoms with E-state index < -0.39 is 0 Å². The summed E-state index contributed by atoms with van der Waals surface area (Å²) < 4.78 is 10.9. The highest BCUT2D eigenvalue weighted by atomic mass is 16.5. The Hall–Kier alpha value is -1.59. The zero-order valence-corrected chi connectivity index (χ0v) is 13.2. The van der Waals surface area contributed by atoms with Crippen molar-refractivity contribution in [1.29, 1.82) is 0 Å². The standard InChI is InChI=1S/C17H24N2O3/c1-11-16(18-8-9-22-11)17(20)19-15-5-3-4-12-10-13(21-2)6-7-14(12)15/h6-7,10-11,15-16,18H,3-5,8-9H2,1-2H3,(H,19,20)/t11-,15?,16+/m1/s1. The van der Waals surface area contributed by atoms with Crippen LogP contribution in [0.4, 0.5) is 0 Å². The third-order valence-electron chi connectivity index (χ3n) is 4.58. The fourth-order valence-electron chi connectivity index (χ4n) is 3.36. The number of benzene rings is 1. The lowest BCUT2D eigenvalue weighted by Crippen LogP contribution is -2.56. The Morgan fingerprint density at radius 3 is 3.09 bits per heavy atom. The summed E-state index contributed by atoms with van der Waals surface area (Å²) in [6.07, 6.45) is 3.01. The largest absolute Gasteiger partial charge is 0.497 e. The van der Waals surface area contributed by atoms with Gasteiger partial charge in [-0.15, -0.1) is 0 Å². The van der Waals surface area contributed by atoms with Crippen molar-refractivity contribution in [3.05, 3.63) is 29.3 Å². The van der Waals surface area contributed by atoms with Gasteiger partial charge in [0.2, 0.25) is 5.91 Å². The van der Waals surface area contributed by atoms with Crippen molar-refractivity contribution in [2.75, 3.05) is 20.3 Å². The lowest BCUT2D eigenvalue weighted by molar-refractivity contribution is -0.129. The normalized spacial score (nSPS) is 27.8. The van der Waals surface area contributed by atoms with E-state index in [2.05, 4.69) is 22.8 Å². The molecule has 5 heteroatoms. The second kappa shape index (κ2) is 6.67. The number of hydrogen-bond acceptors (Lipinski definition) is 4. The van der Waals surface area contributed by atoms with Crippen LogP contribution in [0.3, 0.4) is 0 Å². The van der Waals surface area contributed by atoms with E-state index in [4.69, 9.17) is 9.47 Å². The summed E-state index contributed by atoms with van der Waals surface area (Å²) in [5.41, 5.74) is 2.49. The van der Waals surface area contributed by atoms with Crippen molar-refractivity contribution in [3.8, 4) is 5.75 Å². The summed E-state index contributed by atoms with van der Waals surface area (Å²) in [6.45, 7) is 3.33. The Kier molecular flexibility index (Phi) is 4.64. The minimum atomic E-state index is -0.266. The van der Waals surface area contributed by atoms with Gasteiger partial charge in [-0.3, -0.25) is 4.79 Å². The molecule has 5 nitrogen and oxygen atoms in total. The fourth-order valence-corrected chi connectivity index (χ4v) is 3.36. The second-order valence-electron chi connectivity index (χ2n) is 6.03. The Balaban J connectivity index is 1.72. The van der Waals surface area contributed by atoms with Crippen LogP contribution in [-0.4, -0.2) is 38.3 Å². The number of nitrogens with one attached hydrogen (secondary N) is 2. The van der Waals surface area contributed by atoms with E-state index in [0.29, 0.717) is 6.61 Å². The highest BCUT2D eigenvalue weighted by Gasteiger charge is 2.31. The van der Waals surface area contributed by atoms with E-state index in [0.717, 1.165) is 31.6 Å². The van der Waals surface area contributed by atoms with E-state index in [-0.39, 0.29) is 24.1 Å². The number of ether oxygens (including phenoxy) is 2. The van der Waals surface area contributed by atoms with E-state index >= 15 is 0 Å². The number of methoxy groups -OCH3 is 1. The summed E-state index contributed by atoms with van der Waals surface area (Å²) in [5, 5.41) is 6.43. The van der Waals surface area contributed by atoms with Crippen LogP contribution in [0.2, 0.25) is 0 Å². The smallest absolute Gasteiger partial charge is 0.240 e. The average molecular weight is 304 g/mol. The summed E-state index contributed by atoms with van der Waals surface area (Å²) in [4.78, 5) is 12.5. The fraction of sp³-hybridized carbons (Fsp3) is 0.588. The molecule has 1 amide bonds. The van der Waals surface area contributed by atoms with Gasteiger partial charge in [-0.25, -0.2) is 0 Å². The monoisotopic (exact) mass is 304 g/mol. The molecule has 1 fully saturated rings. The quantitative estimate of drug-likeness (QED) is 0.890. The van der Waals surface area contributed by atoms with Crippen LogP contribution in [0, 0.1) is 0 Å². The first-order valence-electron chi connectivity index (χ1n) is 8.01. The minimum Gasteiger partial charge on any atom is -0.497 e. The van der Waals surface area contributed by atoms with E-state index in [1.165, 1.54) is 11.1 Å². The molecular weight excluding hydrogens is 280 g/mol. The Morgan fingerprint density at radius 1 is 1.45 bits per heavy atom. The number of morpholine rings is 1. The maximum Gasteiger partial charge on any atom is 0.240 e. The number of hydrogen-bond donors (Lipinski definition) is 2. The van der Waals surface area contributed by atoms with E-state index in [1.54, 1.807) is 7.11 Å². The number of carbonyl (C=O) groups excluding carboxylic acids is 1. The van der Waals surface area contributed by atoms with Crippen molar-refractivity contribution < 1.29 is 14.3 Å². The predicted molar refractivity (Wildman–Crippen MR) is 84.0 cm³/mol. The molecule has 0 bridgehead atoms. The van der Waals surface area contributed by atoms with Crippen molar-refractivity contribution in [2.45, 2.75) is 44.4 Å². The van der Waals surface area contributed by atoms with Crippen LogP contribution in [-0.2, 0) is 16.0 Å². The van der Waals surface area contributed by atoms with Crippen LogP contribution in [0.1, 0.15) is 36.9 Å². The zero-order valence-electron chi connectivity index (χ0n) is 13.2. The number of carbonyl (C=O) groups is 1. The highest BCUT2D eigenvalue weighted by Crippen LogP contribution is 2.32. The molecule has 120 valence electrons. The molecule has 2 N–H and O–H groups in total. The van der Waals surface area contributed by atoms with Crippen LogP contribution < -0.4 is 15.4 Å². The topological polar surface area (TPSA) is 59.6 Å². The van der Waals surface area contributed by atoms with Gasteiger partial charge in [-0.1, -0.05) is 6.07 Å². The molecule has 2 aliphatic rings. The molecule has 0 saturated carbocycles. The number of amides is 1. The van der Waals surface area contributed by atoms with Gasteiger partial charge in [0.15, 0.2) is 0 Å². The van der Waals surface area contributed by atoms with E-state index in [1.807, 2.05) is 13.0 Å². The molecule has 1 saturated heterocycles. The Labute approximate surface area is 131 Å². The molecule has 3 rings (SSSR count). The molecule has 0 spiro atoms. The van der Waals surface area contributed by atoms with Gasteiger partial charge in [0.25, 0.3) is 0 Å². The first-order valence-corrected chi connectivity index (χ1v) is 8.01. The van der Waals surface area contributed by atoms with Crippen molar-refractivity contribution in [3.63, 3.8) is 0 Å². The maximum absolute atomic E-state index is 12.5. The third kappa shape index (κ3) is 3.10. The molecule has 1 aliphatic carbocycles. The molecule has 3 atom stereocenters. The summed E-state index contributed by atoms with van der Waals surface area (Å²) >= 11 is 0. The molecule has 0 aromatic heterocycles. The van der Waals surface area contributed by atoms with Gasteiger partial charge >= 0.3 is 0 Å². The zero-order chi connectivity index (χ0) is 15.5. The molecule has 1 heterocycles. The molecule has 1 unspecified atom stereocenters. The summed E-state index contributed by atoms with van der Waals surface area (Å²) in [7, 11) is 1.68. The maximum atomic E-state index is 12.5. The van der Waals surface area contributed by atoms with Crippen LogP contribution in [0.25, 0.3) is 0 Å². The average Bonchev–Trinajstić information content (AvgIpc) is 2.55. The SMILES string of the molecule is COc1ccc2c(c1)CCCC2NC(=O)[C@H]1NCCO[C@@H]1C. The third-order valence-corrected chi connectivity index (χ3v) is 4.58. The molecule has 22 heavy (non-hydrogen) atoms. The summed E-state index contributed by atoms with van der Waals surface area (Å²) in [5.74, 6) is 0.905. The van der Waals surface area contributed by atoms with Gasteiger partial charge in [0.1, 0.15) is 11.8 Å². The molecule has 1 aliphatic heterocycles. The minimum absolute atomic E-state index is 0.0286. The van der Waals surface area contributed by atoms with Crippen molar-refractivity contribution in [2.24, 2.45) is 0 Å². The first kappa shape index (κ1) is 15.3.